The Labute approximate surface area is 130 Å². The predicted molar refractivity (Wildman–Crippen MR) is 93.2 cm³/mol. The van der Waals surface area contributed by atoms with E-state index in [1.54, 1.807) is 0 Å². The molecule has 0 radical (unpaired) electrons. The second kappa shape index (κ2) is 8.30. The first-order valence-corrected chi connectivity index (χ1v) is 9.25. The van der Waals surface area contributed by atoms with Crippen LogP contribution in [0.2, 0.25) is 0 Å². The average Bonchev–Trinajstić information content (AvgIpc) is 2.52. The second-order valence-corrected chi connectivity index (χ2v) is 7.05. The summed E-state index contributed by atoms with van der Waals surface area (Å²) in [5.74, 6) is 1.50. The lowest BCUT2D eigenvalue weighted by molar-refractivity contribution is 0.635. The van der Waals surface area contributed by atoms with Crippen LogP contribution in [0, 0.1) is 0 Å². The Bertz CT molecular complexity index is 591. The van der Waals surface area contributed by atoms with Gasteiger partial charge in [-0.15, -0.1) is 0 Å². The minimum atomic E-state index is -0.757. The summed E-state index contributed by atoms with van der Waals surface area (Å²) in [5.41, 5.74) is 1.25. The van der Waals surface area contributed by atoms with Crippen molar-refractivity contribution in [3.8, 4) is 0 Å². The summed E-state index contributed by atoms with van der Waals surface area (Å²) < 4.78 is 12.3. The number of benzene rings is 2. The van der Waals surface area contributed by atoms with Crippen LogP contribution in [0.15, 0.2) is 42.5 Å². The Morgan fingerprint density at radius 2 is 1.86 bits per heavy atom. The van der Waals surface area contributed by atoms with Crippen LogP contribution in [-0.4, -0.2) is 22.8 Å². The molecule has 0 spiro atoms. The lowest BCUT2D eigenvalue weighted by atomic mass is 10.00. The van der Waals surface area contributed by atoms with Crippen LogP contribution < -0.4 is 5.32 Å². The Morgan fingerprint density at radius 3 is 2.62 bits per heavy atom. The van der Waals surface area contributed by atoms with Crippen molar-refractivity contribution in [2.75, 3.05) is 18.6 Å². The third kappa shape index (κ3) is 4.39. The van der Waals surface area contributed by atoms with Gasteiger partial charge in [0.2, 0.25) is 0 Å². The van der Waals surface area contributed by atoms with Gasteiger partial charge in [0.05, 0.1) is 0 Å². The normalized spacial score (nSPS) is 14.2. The van der Waals surface area contributed by atoms with Gasteiger partial charge in [-0.05, 0) is 29.8 Å². The maximum Gasteiger partial charge on any atom is 0.0440 e. The fraction of sp³-hybridized carbons (Fsp3) is 0.444. The van der Waals surface area contributed by atoms with E-state index in [9.17, 15) is 4.21 Å². The van der Waals surface area contributed by atoms with Crippen LogP contribution in [0.25, 0.3) is 10.8 Å². The molecule has 114 valence electrons. The number of fused-ring (bicyclic) bond motifs is 1. The molecule has 0 saturated carbocycles. The molecule has 2 aromatic carbocycles. The molecule has 0 amide bonds. The molecule has 2 rings (SSSR count). The molecule has 21 heavy (non-hydrogen) atoms. The lowest BCUT2D eigenvalue weighted by Gasteiger charge is -2.18. The van der Waals surface area contributed by atoms with Crippen LogP contribution in [0.5, 0.6) is 0 Å². The summed E-state index contributed by atoms with van der Waals surface area (Å²) in [4.78, 5) is 0. The molecule has 3 heteroatoms. The van der Waals surface area contributed by atoms with Crippen molar-refractivity contribution >= 4 is 21.6 Å². The quantitative estimate of drug-likeness (QED) is 0.746. The monoisotopic (exact) mass is 303 g/mol. The molecule has 0 bridgehead atoms. The van der Waals surface area contributed by atoms with Crippen molar-refractivity contribution in [1.82, 2.24) is 5.32 Å². The van der Waals surface area contributed by atoms with E-state index in [4.69, 9.17) is 0 Å². The van der Waals surface area contributed by atoms with E-state index in [0.717, 1.165) is 12.2 Å². The van der Waals surface area contributed by atoms with Crippen molar-refractivity contribution < 1.29 is 4.21 Å². The first-order valence-electron chi connectivity index (χ1n) is 7.76. The number of rotatable bonds is 8. The van der Waals surface area contributed by atoms with Gasteiger partial charge in [0.15, 0.2) is 0 Å². The molecule has 2 aromatic rings. The molecule has 0 aliphatic heterocycles. The summed E-state index contributed by atoms with van der Waals surface area (Å²) in [7, 11) is 1.20. The van der Waals surface area contributed by atoms with Crippen molar-refractivity contribution in [2.45, 2.75) is 32.2 Å². The van der Waals surface area contributed by atoms with E-state index in [-0.39, 0.29) is 6.04 Å². The summed E-state index contributed by atoms with van der Waals surface area (Å²) in [6.07, 6.45) is 3.41. The van der Waals surface area contributed by atoms with E-state index in [2.05, 4.69) is 54.7 Å². The summed E-state index contributed by atoms with van der Waals surface area (Å²) >= 11 is 0. The maximum absolute atomic E-state index is 12.3. The van der Waals surface area contributed by atoms with Crippen molar-refractivity contribution in [3.05, 3.63) is 48.0 Å². The van der Waals surface area contributed by atoms with Crippen molar-refractivity contribution in [3.63, 3.8) is 0 Å². The van der Waals surface area contributed by atoms with Crippen LogP contribution in [0.4, 0.5) is 0 Å². The Morgan fingerprint density at radius 1 is 1.10 bits per heavy atom. The van der Waals surface area contributed by atoms with Crippen LogP contribution in [0.1, 0.15) is 37.8 Å². The zero-order chi connectivity index (χ0) is 15.1. The van der Waals surface area contributed by atoms with Gasteiger partial charge in [0.1, 0.15) is 0 Å². The van der Waals surface area contributed by atoms with Gasteiger partial charge in [0, 0.05) is 28.3 Å². The molecular weight excluding hydrogens is 278 g/mol. The van der Waals surface area contributed by atoms with Gasteiger partial charge in [0.25, 0.3) is 0 Å². The molecule has 0 aromatic heterocycles. The molecular formula is C18H25NOS. The first-order chi connectivity index (χ1) is 10.3. The molecule has 0 aliphatic rings. The van der Waals surface area contributed by atoms with Gasteiger partial charge < -0.3 is 5.32 Å². The minimum absolute atomic E-state index is 0.151. The highest BCUT2D eigenvalue weighted by molar-refractivity contribution is 7.85. The third-order valence-corrected chi connectivity index (χ3v) is 5.32. The third-order valence-electron chi connectivity index (χ3n) is 3.88. The Kier molecular flexibility index (Phi) is 6.40. The van der Waals surface area contributed by atoms with Gasteiger partial charge in [-0.25, -0.2) is 0 Å². The highest BCUT2D eigenvalue weighted by atomic mass is 32.2. The summed E-state index contributed by atoms with van der Waals surface area (Å²) in [5, 5.41) is 5.84. The minimum Gasteiger partial charge on any atom is -0.312 e. The molecule has 2 nitrogen and oxygen atoms in total. The molecule has 0 heterocycles. The van der Waals surface area contributed by atoms with Gasteiger partial charge in [-0.3, -0.25) is 4.21 Å². The van der Waals surface area contributed by atoms with E-state index in [0.29, 0.717) is 5.75 Å². The maximum atomic E-state index is 12.3. The first kappa shape index (κ1) is 16.2. The highest BCUT2D eigenvalue weighted by Crippen LogP contribution is 2.24. The fourth-order valence-electron chi connectivity index (χ4n) is 2.67. The Balaban J connectivity index is 2.14. The number of nitrogens with one attached hydrogen (secondary N) is 1. The van der Waals surface area contributed by atoms with Crippen molar-refractivity contribution in [1.29, 1.82) is 0 Å². The largest absolute Gasteiger partial charge is 0.312 e. The van der Waals surface area contributed by atoms with Gasteiger partial charge in [-0.2, -0.15) is 0 Å². The summed E-state index contributed by atoms with van der Waals surface area (Å²) in [6.45, 7) is 2.18. The smallest absolute Gasteiger partial charge is 0.0440 e. The molecule has 2 unspecified atom stereocenters. The average molecular weight is 303 g/mol. The molecule has 2 atom stereocenters. The van der Waals surface area contributed by atoms with Crippen LogP contribution in [0.3, 0.4) is 0 Å². The molecule has 0 fully saturated rings. The zero-order valence-corrected chi connectivity index (χ0v) is 13.8. The van der Waals surface area contributed by atoms with E-state index >= 15 is 0 Å². The topological polar surface area (TPSA) is 29.1 Å². The molecule has 0 saturated heterocycles. The number of unbranched alkanes of at least 4 members (excludes halogenated alkanes) is 2. The Hall–Kier alpha value is -1.19. The molecule has 0 aliphatic carbocycles. The number of hydrogen-bond donors (Lipinski definition) is 1. The molecule has 1 N–H and O–H groups in total. The SMILES string of the molecule is CCCCCS(=O)CC(NC)c1cccc2ccccc12. The summed E-state index contributed by atoms with van der Waals surface area (Å²) in [6, 6.07) is 14.9. The van der Waals surface area contributed by atoms with Crippen LogP contribution in [-0.2, 0) is 10.8 Å². The fourth-order valence-corrected chi connectivity index (χ4v) is 4.08. The van der Waals surface area contributed by atoms with E-state index < -0.39 is 10.8 Å². The van der Waals surface area contributed by atoms with Crippen molar-refractivity contribution in [2.24, 2.45) is 0 Å². The predicted octanol–water partition coefficient (Wildman–Crippen LogP) is 4.04. The standard InChI is InChI=1S/C18H25NOS/c1-3-4-7-13-21(20)14-18(19-2)17-12-8-10-15-9-5-6-11-16(15)17/h5-6,8-12,18-19H,3-4,7,13-14H2,1-2H3. The zero-order valence-electron chi connectivity index (χ0n) is 13.0. The van der Waals surface area contributed by atoms with Crippen LogP contribution >= 0.6 is 0 Å². The van der Waals surface area contributed by atoms with Gasteiger partial charge >= 0.3 is 0 Å². The second-order valence-electron chi connectivity index (χ2n) is 5.43. The van der Waals surface area contributed by atoms with Gasteiger partial charge in [-0.1, -0.05) is 62.2 Å². The number of hydrogen-bond acceptors (Lipinski definition) is 2. The lowest BCUT2D eigenvalue weighted by Crippen LogP contribution is -2.24. The van der Waals surface area contributed by atoms with E-state index in [1.165, 1.54) is 29.2 Å². The highest BCUT2D eigenvalue weighted by Gasteiger charge is 2.15. The van der Waals surface area contributed by atoms with E-state index in [1.807, 2.05) is 7.05 Å².